The van der Waals surface area contributed by atoms with Gasteiger partial charge < -0.3 is 5.32 Å². The van der Waals surface area contributed by atoms with E-state index in [-0.39, 0.29) is 0 Å². The molecule has 1 aromatic carbocycles. The molecule has 2 aromatic heterocycles. The van der Waals surface area contributed by atoms with Gasteiger partial charge in [-0.15, -0.1) is 5.10 Å². The van der Waals surface area contributed by atoms with Crippen LogP contribution in [0.1, 0.15) is 5.82 Å². The van der Waals surface area contributed by atoms with Gasteiger partial charge in [-0.05, 0) is 31.2 Å². The summed E-state index contributed by atoms with van der Waals surface area (Å²) in [6.45, 7) is 1.92. The van der Waals surface area contributed by atoms with Gasteiger partial charge in [0.15, 0.2) is 0 Å². The van der Waals surface area contributed by atoms with Gasteiger partial charge in [-0.1, -0.05) is 6.07 Å². The molecule has 1 N–H and O–H groups in total. The summed E-state index contributed by atoms with van der Waals surface area (Å²) in [7, 11) is 1.87. The van der Waals surface area contributed by atoms with Crippen molar-refractivity contribution in [3.05, 3.63) is 48.5 Å². The second kappa shape index (κ2) is 4.56. The van der Waals surface area contributed by atoms with Crippen molar-refractivity contribution in [1.82, 2.24) is 24.5 Å². The van der Waals surface area contributed by atoms with E-state index in [0.717, 1.165) is 17.2 Å². The van der Waals surface area contributed by atoms with Gasteiger partial charge in [0.25, 0.3) is 0 Å². The first-order valence-corrected chi connectivity index (χ1v) is 5.97. The van der Waals surface area contributed by atoms with Crippen LogP contribution >= 0.6 is 0 Å². The van der Waals surface area contributed by atoms with Crippen molar-refractivity contribution in [2.75, 3.05) is 5.32 Å². The first-order chi connectivity index (χ1) is 9.22. The molecular formula is C13H14N6. The predicted octanol–water partition coefficient (Wildman–Crippen LogP) is 2.05. The van der Waals surface area contributed by atoms with Gasteiger partial charge in [-0.2, -0.15) is 10.1 Å². The third-order valence-electron chi connectivity index (χ3n) is 2.85. The minimum Gasteiger partial charge on any atom is -0.323 e. The van der Waals surface area contributed by atoms with Crippen LogP contribution in [0.3, 0.4) is 0 Å². The first kappa shape index (κ1) is 11.5. The van der Waals surface area contributed by atoms with E-state index in [4.69, 9.17) is 0 Å². The third kappa shape index (κ3) is 2.33. The van der Waals surface area contributed by atoms with E-state index in [9.17, 15) is 0 Å². The van der Waals surface area contributed by atoms with Crippen LogP contribution in [-0.4, -0.2) is 24.5 Å². The Hall–Kier alpha value is -2.63. The summed E-state index contributed by atoms with van der Waals surface area (Å²) >= 11 is 0. The largest absolute Gasteiger partial charge is 0.323 e. The standard InChI is InChI=1S/C13H14N6/c1-10-15-13(17-18(10)2)16-11-5-3-6-12(9-11)19-8-4-7-14-19/h3-9H,1-2H3,(H,16,17). The van der Waals surface area contributed by atoms with Crippen molar-refractivity contribution in [1.29, 1.82) is 0 Å². The molecule has 0 aliphatic rings. The molecule has 6 heteroatoms. The van der Waals surface area contributed by atoms with E-state index >= 15 is 0 Å². The summed E-state index contributed by atoms with van der Waals surface area (Å²) in [4.78, 5) is 4.32. The molecule has 0 atom stereocenters. The van der Waals surface area contributed by atoms with E-state index in [2.05, 4.69) is 20.5 Å². The SMILES string of the molecule is Cc1nc(Nc2cccc(-n3cccn3)c2)nn1C. The third-order valence-corrected chi connectivity index (χ3v) is 2.85. The zero-order valence-corrected chi connectivity index (χ0v) is 10.8. The Morgan fingerprint density at radius 3 is 2.79 bits per heavy atom. The van der Waals surface area contributed by atoms with Gasteiger partial charge in [-0.25, -0.2) is 4.68 Å². The second-order valence-corrected chi connectivity index (χ2v) is 4.23. The van der Waals surface area contributed by atoms with Gasteiger partial charge in [0.1, 0.15) is 5.82 Å². The van der Waals surface area contributed by atoms with Gasteiger partial charge in [0.05, 0.1) is 5.69 Å². The molecule has 0 saturated heterocycles. The fraction of sp³-hybridized carbons (Fsp3) is 0.154. The van der Waals surface area contributed by atoms with E-state index in [1.807, 2.05) is 55.2 Å². The molecule has 6 nitrogen and oxygen atoms in total. The number of nitrogens with zero attached hydrogens (tertiary/aromatic N) is 5. The zero-order valence-electron chi connectivity index (χ0n) is 10.8. The number of nitrogens with one attached hydrogen (secondary N) is 1. The molecule has 0 aliphatic carbocycles. The Balaban J connectivity index is 1.87. The van der Waals surface area contributed by atoms with Crippen LogP contribution in [0.25, 0.3) is 5.69 Å². The van der Waals surface area contributed by atoms with Crippen LogP contribution in [0.4, 0.5) is 11.6 Å². The number of aryl methyl sites for hydroxylation is 2. The van der Waals surface area contributed by atoms with Crippen molar-refractivity contribution in [2.24, 2.45) is 7.05 Å². The summed E-state index contributed by atoms with van der Waals surface area (Å²) in [6, 6.07) is 9.82. The molecule has 0 saturated carbocycles. The van der Waals surface area contributed by atoms with Crippen LogP contribution < -0.4 is 5.32 Å². The van der Waals surface area contributed by atoms with E-state index in [1.165, 1.54) is 0 Å². The Labute approximate surface area is 110 Å². The number of rotatable bonds is 3. The fourth-order valence-corrected chi connectivity index (χ4v) is 1.79. The van der Waals surface area contributed by atoms with Crippen molar-refractivity contribution >= 4 is 11.6 Å². The van der Waals surface area contributed by atoms with Crippen LogP contribution in [0, 0.1) is 6.92 Å². The van der Waals surface area contributed by atoms with Crippen LogP contribution in [0.2, 0.25) is 0 Å². The average molecular weight is 254 g/mol. The molecule has 0 spiro atoms. The number of hydrogen-bond donors (Lipinski definition) is 1. The van der Waals surface area contributed by atoms with E-state index < -0.39 is 0 Å². The molecule has 19 heavy (non-hydrogen) atoms. The zero-order chi connectivity index (χ0) is 13.2. The summed E-state index contributed by atoms with van der Waals surface area (Å²) in [6.07, 6.45) is 3.66. The Kier molecular flexibility index (Phi) is 2.75. The maximum absolute atomic E-state index is 4.32. The van der Waals surface area contributed by atoms with Crippen molar-refractivity contribution in [2.45, 2.75) is 6.92 Å². The van der Waals surface area contributed by atoms with Crippen molar-refractivity contribution < 1.29 is 0 Å². The lowest BCUT2D eigenvalue weighted by Gasteiger charge is -2.05. The van der Waals surface area contributed by atoms with Crippen LogP contribution in [0.5, 0.6) is 0 Å². The van der Waals surface area contributed by atoms with E-state index in [1.54, 1.807) is 10.9 Å². The number of aromatic nitrogens is 5. The highest BCUT2D eigenvalue weighted by Gasteiger charge is 2.04. The average Bonchev–Trinajstić information content (AvgIpc) is 3.01. The minimum absolute atomic E-state index is 0.595. The molecule has 3 rings (SSSR count). The molecule has 0 fully saturated rings. The highest BCUT2D eigenvalue weighted by Crippen LogP contribution is 2.17. The monoisotopic (exact) mass is 254 g/mol. The van der Waals surface area contributed by atoms with Crippen LogP contribution in [-0.2, 0) is 7.05 Å². The molecule has 0 bridgehead atoms. The van der Waals surface area contributed by atoms with Crippen molar-refractivity contribution in [3.63, 3.8) is 0 Å². The molecule has 96 valence electrons. The lowest BCUT2D eigenvalue weighted by molar-refractivity contribution is 0.736. The summed E-state index contributed by atoms with van der Waals surface area (Å²) in [5.41, 5.74) is 1.92. The lowest BCUT2D eigenvalue weighted by Crippen LogP contribution is -1.98. The molecule has 3 aromatic rings. The number of anilines is 2. The molecule has 0 amide bonds. The Bertz CT molecular complexity index is 663. The highest BCUT2D eigenvalue weighted by molar-refractivity contribution is 5.57. The number of benzene rings is 1. The molecular weight excluding hydrogens is 240 g/mol. The molecule has 0 aliphatic heterocycles. The molecule has 0 unspecified atom stereocenters. The van der Waals surface area contributed by atoms with E-state index in [0.29, 0.717) is 5.95 Å². The van der Waals surface area contributed by atoms with Gasteiger partial charge in [-0.3, -0.25) is 4.68 Å². The summed E-state index contributed by atoms with van der Waals surface area (Å²) in [5, 5.41) is 11.7. The maximum atomic E-state index is 4.32. The Morgan fingerprint density at radius 2 is 2.11 bits per heavy atom. The van der Waals surface area contributed by atoms with Gasteiger partial charge in [0.2, 0.25) is 5.95 Å². The normalized spacial score (nSPS) is 10.6. The molecule has 2 heterocycles. The quantitative estimate of drug-likeness (QED) is 0.777. The smallest absolute Gasteiger partial charge is 0.246 e. The summed E-state index contributed by atoms with van der Waals surface area (Å²) in [5.74, 6) is 1.46. The molecule has 0 radical (unpaired) electrons. The summed E-state index contributed by atoms with van der Waals surface area (Å²) < 4.78 is 3.54. The number of hydrogen-bond acceptors (Lipinski definition) is 4. The van der Waals surface area contributed by atoms with Gasteiger partial charge in [0, 0.05) is 25.1 Å². The fourth-order valence-electron chi connectivity index (χ4n) is 1.79. The van der Waals surface area contributed by atoms with Gasteiger partial charge >= 0.3 is 0 Å². The maximum Gasteiger partial charge on any atom is 0.246 e. The lowest BCUT2D eigenvalue weighted by atomic mass is 10.3. The Morgan fingerprint density at radius 1 is 1.21 bits per heavy atom. The van der Waals surface area contributed by atoms with Crippen LogP contribution in [0.15, 0.2) is 42.7 Å². The second-order valence-electron chi connectivity index (χ2n) is 4.23. The van der Waals surface area contributed by atoms with Crippen molar-refractivity contribution in [3.8, 4) is 5.69 Å². The first-order valence-electron chi connectivity index (χ1n) is 5.97. The topological polar surface area (TPSA) is 60.6 Å². The predicted molar refractivity (Wildman–Crippen MR) is 72.6 cm³/mol. The highest BCUT2D eigenvalue weighted by atomic mass is 15.4. The minimum atomic E-state index is 0.595.